The number of aliphatic hydroxyl groups excluding tert-OH is 1. The van der Waals surface area contributed by atoms with Gasteiger partial charge in [0.15, 0.2) is 5.78 Å². The minimum atomic E-state index is -0.570. The summed E-state index contributed by atoms with van der Waals surface area (Å²) in [6.07, 6.45) is 24.2. The highest BCUT2D eigenvalue weighted by Crippen LogP contribution is 2.15. The fraction of sp³-hybridized carbons (Fsp3) is 0.240. The number of hydrogen-bond acceptors (Lipinski definition) is 2. The highest BCUT2D eigenvalue weighted by molar-refractivity contribution is 6.04. The van der Waals surface area contributed by atoms with E-state index in [1.165, 1.54) is 0 Å². The van der Waals surface area contributed by atoms with Crippen LogP contribution in [-0.2, 0) is 0 Å². The number of benzene rings is 1. The van der Waals surface area contributed by atoms with Crippen molar-refractivity contribution in [2.45, 2.75) is 38.2 Å². The lowest BCUT2D eigenvalue weighted by Gasteiger charge is -2.10. The first-order chi connectivity index (χ1) is 13.2. The van der Waals surface area contributed by atoms with Crippen molar-refractivity contribution in [3.8, 4) is 12.3 Å². The molecular weight excluding hydrogens is 332 g/mol. The van der Waals surface area contributed by atoms with Gasteiger partial charge in [-0.1, -0.05) is 78.4 Å². The summed E-state index contributed by atoms with van der Waals surface area (Å²) in [6.45, 7) is 0. The molecule has 1 atom stereocenters. The van der Waals surface area contributed by atoms with Crippen LogP contribution in [0.25, 0.3) is 0 Å². The molecule has 0 unspecified atom stereocenters. The van der Waals surface area contributed by atoms with Crippen molar-refractivity contribution in [2.75, 3.05) is 0 Å². The van der Waals surface area contributed by atoms with E-state index in [2.05, 4.69) is 18.1 Å². The number of carbonyl (C=O) groups is 1. The van der Waals surface area contributed by atoms with Gasteiger partial charge in [0, 0.05) is 12.0 Å². The minimum Gasteiger partial charge on any atom is -0.384 e. The molecule has 0 aromatic heterocycles. The van der Waals surface area contributed by atoms with E-state index in [1.807, 2.05) is 42.5 Å². The highest BCUT2D eigenvalue weighted by atomic mass is 16.3. The zero-order chi connectivity index (χ0) is 19.3. The van der Waals surface area contributed by atoms with Crippen LogP contribution in [0.2, 0.25) is 0 Å². The minimum absolute atomic E-state index is 0.0239. The van der Waals surface area contributed by atoms with Crippen molar-refractivity contribution in [1.29, 1.82) is 0 Å². The Morgan fingerprint density at radius 3 is 2.74 bits per heavy atom. The second kappa shape index (κ2) is 11.7. The predicted molar refractivity (Wildman–Crippen MR) is 112 cm³/mol. The number of carbonyl (C=O) groups excluding carboxylic acids is 1. The molecule has 27 heavy (non-hydrogen) atoms. The molecule has 1 aromatic rings. The molecule has 0 saturated heterocycles. The molecule has 138 valence electrons. The zero-order valence-corrected chi connectivity index (χ0v) is 15.6. The molecular formula is C25H26O2. The average molecular weight is 358 g/mol. The third-order valence-corrected chi connectivity index (χ3v) is 4.26. The molecule has 2 heteroatoms. The standard InChI is InChI=1S/C25H26O2/c1-2-3-12-21(19-20-25(27)23-16-8-5-9-17-23)13-10-11-18-24(26)22-14-6-4-7-15-22/h1,5-6,8-9,11,13-20,24,26H,3-4,7,10,12H2/b18-11+,20-19+,21-13+/t24-/m0/s1. The Kier molecular flexibility index (Phi) is 8.83. The number of hydrogen-bond donors (Lipinski definition) is 1. The summed E-state index contributed by atoms with van der Waals surface area (Å²) in [5.74, 6) is 2.61. The summed E-state index contributed by atoms with van der Waals surface area (Å²) >= 11 is 0. The first kappa shape index (κ1) is 20.4. The first-order valence-corrected chi connectivity index (χ1v) is 9.32. The number of terminal acetylenes is 1. The molecule has 0 heterocycles. The van der Waals surface area contributed by atoms with Crippen LogP contribution in [0.1, 0.15) is 42.5 Å². The van der Waals surface area contributed by atoms with Gasteiger partial charge < -0.3 is 5.11 Å². The maximum Gasteiger partial charge on any atom is 0.185 e. The van der Waals surface area contributed by atoms with Crippen molar-refractivity contribution in [2.24, 2.45) is 0 Å². The lowest BCUT2D eigenvalue weighted by atomic mass is 10.0. The molecule has 1 aliphatic rings. The molecule has 0 aliphatic heterocycles. The summed E-state index contributed by atoms with van der Waals surface area (Å²) in [6, 6.07) is 9.19. The van der Waals surface area contributed by atoms with Gasteiger partial charge in [0.05, 0.1) is 6.10 Å². The average Bonchev–Trinajstić information content (AvgIpc) is 2.73. The third-order valence-electron chi connectivity index (χ3n) is 4.26. The second-order valence-corrected chi connectivity index (χ2v) is 6.34. The van der Waals surface area contributed by atoms with E-state index < -0.39 is 6.10 Å². The van der Waals surface area contributed by atoms with Gasteiger partial charge in [-0.2, -0.15) is 0 Å². The van der Waals surface area contributed by atoms with Crippen molar-refractivity contribution in [3.05, 3.63) is 95.6 Å². The molecule has 0 saturated carbocycles. The van der Waals surface area contributed by atoms with Gasteiger partial charge in [-0.15, -0.1) is 12.3 Å². The summed E-state index contributed by atoms with van der Waals surface area (Å²) in [4.78, 5) is 12.2. The van der Waals surface area contributed by atoms with E-state index in [9.17, 15) is 9.90 Å². The quantitative estimate of drug-likeness (QED) is 0.212. The molecule has 0 amide bonds. The van der Waals surface area contributed by atoms with Crippen molar-refractivity contribution in [3.63, 3.8) is 0 Å². The Labute approximate surface area is 162 Å². The molecule has 2 rings (SSSR count). The van der Waals surface area contributed by atoms with E-state index in [1.54, 1.807) is 24.3 Å². The van der Waals surface area contributed by atoms with Gasteiger partial charge in [0.2, 0.25) is 0 Å². The van der Waals surface area contributed by atoms with Gasteiger partial charge in [-0.3, -0.25) is 4.79 Å². The predicted octanol–water partition coefficient (Wildman–Crippen LogP) is 5.35. The van der Waals surface area contributed by atoms with Crippen LogP contribution >= 0.6 is 0 Å². The maximum atomic E-state index is 12.2. The Bertz CT molecular complexity index is 798. The molecule has 0 bridgehead atoms. The lowest BCUT2D eigenvalue weighted by molar-refractivity contribution is 0.104. The fourth-order valence-electron chi connectivity index (χ4n) is 2.74. The van der Waals surface area contributed by atoms with Crippen molar-refractivity contribution >= 4 is 5.78 Å². The maximum absolute atomic E-state index is 12.2. The van der Waals surface area contributed by atoms with E-state index in [0.29, 0.717) is 18.4 Å². The van der Waals surface area contributed by atoms with Crippen LogP contribution in [-0.4, -0.2) is 17.0 Å². The smallest absolute Gasteiger partial charge is 0.185 e. The van der Waals surface area contributed by atoms with E-state index >= 15 is 0 Å². The van der Waals surface area contributed by atoms with Gasteiger partial charge in [-0.05, 0) is 37.3 Å². The fourth-order valence-corrected chi connectivity index (χ4v) is 2.74. The molecule has 0 radical (unpaired) electrons. The summed E-state index contributed by atoms with van der Waals surface area (Å²) in [5, 5.41) is 10.2. The van der Waals surface area contributed by atoms with Gasteiger partial charge >= 0.3 is 0 Å². The monoisotopic (exact) mass is 358 g/mol. The van der Waals surface area contributed by atoms with Crippen LogP contribution < -0.4 is 0 Å². The largest absolute Gasteiger partial charge is 0.384 e. The van der Waals surface area contributed by atoms with Crippen molar-refractivity contribution < 1.29 is 9.90 Å². The lowest BCUT2D eigenvalue weighted by Crippen LogP contribution is -2.06. The number of allylic oxidation sites excluding steroid dienone is 7. The van der Waals surface area contributed by atoms with Crippen molar-refractivity contribution in [1.82, 2.24) is 0 Å². The third kappa shape index (κ3) is 7.48. The molecule has 1 aromatic carbocycles. The number of rotatable bonds is 9. The highest BCUT2D eigenvalue weighted by Gasteiger charge is 2.05. The molecule has 0 fully saturated rings. The van der Waals surface area contributed by atoms with Gasteiger partial charge in [0.25, 0.3) is 0 Å². The Morgan fingerprint density at radius 1 is 1.22 bits per heavy atom. The van der Waals surface area contributed by atoms with E-state index in [-0.39, 0.29) is 5.78 Å². The zero-order valence-electron chi connectivity index (χ0n) is 15.6. The molecule has 0 spiro atoms. The molecule has 1 aliphatic carbocycles. The number of ketones is 1. The van der Waals surface area contributed by atoms with Crippen LogP contribution in [0.15, 0.2) is 90.1 Å². The van der Waals surface area contributed by atoms with Gasteiger partial charge in [0.1, 0.15) is 0 Å². The normalized spacial score (nSPS) is 15.7. The van der Waals surface area contributed by atoms with Crippen LogP contribution in [0.5, 0.6) is 0 Å². The molecule has 2 nitrogen and oxygen atoms in total. The summed E-state index contributed by atoms with van der Waals surface area (Å²) < 4.78 is 0. The van der Waals surface area contributed by atoms with E-state index in [4.69, 9.17) is 6.42 Å². The van der Waals surface area contributed by atoms with Gasteiger partial charge in [-0.25, -0.2) is 0 Å². The Morgan fingerprint density at radius 2 is 2.04 bits per heavy atom. The number of aliphatic hydroxyl groups is 1. The van der Waals surface area contributed by atoms with Crippen LogP contribution in [0.3, 0.4) is 0 Å². The molecule has 1 N–H and O–H groups in total. The van der Waals surface area contributed by atoms with Crippen LogP contribution in [0.4, 0.5) is 0 Å². The first-order valence-electron chi connectivity index (χ1n) is 9.32. The topological polar surface area (TPSA) is 37.3 Å². The summed E-state index contributed by atoms with van der Waals surface area (Å²) in [7, 11) is 0. The Hall–Kier alpha value is -2.89. The SMILES string of the molecule is C#CCCC(/C=C/C(=O)c1ccccc1)=C\C/C=C/[C@H](O)C1=CCCC=C1. The Balaban J connectivity index is 1.96. The van der Waals surface area contributed by atoms with E-state index in [0.717, 1.165) is 30.4 Å². The summed E-state index contributed by atoms with van der Waals surface area (Å²) in [5.41, 5.74) is 2.64. The second-order valence-electron chi connectivity index (χ2n) is 6.34. The van der Waals surface area contributed by atoms with Crippen LogP contribution in [0, 0.1) is 12.3 Å².